The minimum Gasteiger partial charge on any atom is -0.278 e. The molecule has 1 heterocycles. The van der Waals surface area contributed by atoms with E-state index in [1.807, 2.05) is 38.1 Å². The zero-order chi connectivity index (χ0) is 18.0. The van der Waals surface area contributed by atoms with Crippen LogP contribution in [0.4, 0.5) is 5.69 Å². The third-order valence-corrected chi connectivity index (χ3v) is 6.50. The van der Waals surface area contributed by atoms with Gasteiger partial charge in [0.15, 0.2) is 0 Å². The van der Waals surface area contributed by atoms with E-state index in [9.17, 15) is 8.42 Å². The van der Waals surface area contributed by atoms with E-state index in [4.69, 9.17) is 0 Å². The van der Waals surface area contributed by atoms with Crippen LogP contribution in [0.15, 0.2) is 53.6 Å². The number of hydrogen-bond acceptors (Lipinski definition) is 3. The molecule has 25 heavy (non-hydrogen) atoms. The van der Waals surface area contributed by atoms with Crippen molar-refractivity contribution in [2.45, 2.75) is 44.6 Å². The summed E-state index contributed by atoms with van der Waals surface area (Å²) in [7, 11) is -3.66. The van der Waals surface area contributed by atoms with Gasteiger partial charge in [-0.25, -0.2) is 8.42 Å². The van der Waals surface area contributed by atoms with E-state index in [2.05, 4.69) is 17.1 Å². The quantitative estimate of drug-likeness (QED) is 0.722. The Hall–Kier alpha value is -2.34. The van der Waals surface area contributed by atoms with Gasteiger partial charge in [-0.2, -0.15) is 5.10 Å². The molecule has 3 aromatic rings. The first-order valence-corrected chi connectivity index (χ1v) is 9.98. The molecule has 0 saturated carbocycles. The van der Waals surface area contributed by atoms with Gasteiger partial charge < -0.3 is 0 Å². The lowest BCUT2D eigenvalue weighted by atomic mass is 10.1. The molecular formula is C19H23N3O2S. The third-order valence-electron chi connectivity index (χ3n) is 4.56. The Kier molecular flexibility index (Phi) is 4.81. The number of nitrogens with one attached hydrogen (secondary N) is 1. The lowest BCUT2D eigenvalue weighted by Gasteiger charge is -2.30. The van der Waals surface area contributed by atoms with Crippen molar-refractivity contribution in [2.24, 2.45) is 0 Å². The van der Waals surface area contributed by atoms with Crippen LogP contribution in [0.2, 0.25) is 0 Å². The number of nitrogens with zero attached hydrogens (tertiary/aromatic N) is 2. The standard InChI is InChI=1S/C19H23N3O2S/c1-4-14(3)22(17-8-6-15(5-2)7-9-17)25(23,24)18-10-11-19-16(12-18)13-20-21-19/h6-14H,4-5H2,1-3H3,(H,20,21). The second-order valence-electron chi connectivity index (χ2n) is 6.20. The summed E-state index contributed by atoms with van der Waals surface area (Å²) in [6.07, 6.45) is 3.29. The summed E-state index contributed by atoms with van der Waals surface area (Å²) in [6.45, 7) is 6.01. The number of benzene rings is 2. The summed E-state index contributed by atoms with van der Waals surface area (Å²) in [5.74, 6) is 0. The Morgan fingerprint density at radius 3 is 2.48 bits per heavy atom. The van der Waals surface area contributed by atoms with Crippen LogP contribution < -0.4 is 4.31 Å². The second kappa shape index (κ2) is 6.88. The molecule has 0 aliphatic heterocycles. The zero-order valence-electron chi connectivity index (χ0n) is 14.7. The van der Waals surface area contributed by atoms with Crippen LogP contribution in [0, 0.1) is 0 Å². The average Bonchev–Trinajstić information content (AvgIpc) is 3.09. The molecule has 6 heteroatoms. The van der Waals surface area contributed by atoms with E-state index >= 15 is 0 Å². The lowest BCUT2D eigenvalue weighted by Crippen LogP contribution is -2.38. The van der Waals surface area contributed by atoms with Crippen molar-refractivity contribution < 1.29 is 8.42 Å². The first-order valence-electron chi connectivity index (χ1n) is 8.54. The molecule has 0 spiro atoms. The smallest absolute Gasteiger partial charge is 0.264 e. The average molecular weight is 357 g/mol. The summed E-state index contributed by atoms with van der Waals surface area (Å²) in [5.41, 5.74) is 2.70. The van der Waals surface area contributed by atoms with Crippen LogP contribution in [0.1, 0.15) is 32.8 Å². The minimum atomic E-state index is -3.66. The van der Waals surface area contributed by atoms with Crippen molar-refractivity contribution in [3.63, 3.8) is 0 Å². The number of sulfonamides is 1. The van der Waals surface area contributed by atoms with Crippen LogP contribution in [0.25, 0.3) is 10.9 Å². The van der Waals surface area contributed by atoms with Crippen molar-refractivity contribution in [3.8, 4) is 0 Å². The SMILES string of the molecule is CCc1ccc(N(C(C)CC)S(=O)(=O)c2ccc3[nH]ncc3c2)cc1. The molecule has 5 nitrogen and oxygen atoms in total. The number of fused-ring (bicyclic) bond motifs is 1. The summed E-state index contributed by atoms with van der Waals surface area (Å²) in [6, 6.07) is 12.7. The van der Waals surface area contributed by atoms with Crippen LogP contribution >= 0.6 is 0 Å². The highest BCUT2D eigenvalue weighted by Gasteiger charge is 2.29. The maximum atomic E-state index is 13.3. The van der Waals surface area contributed by atoms with Gasteiger partial charge >= 0.3 is 0 Å². The van der Waals surface area contributed by atoms with Gasteiger partial charge in [-0.3, -0.25) is 9.40 Å². The number of H-pyrrole nitrogens is 1. The summed E-state index contributed by atoms with van der Waals surface area (Å²) in [5, 5.41) is 7.60. The molecule has 2 aromatic carbocycles. The van der Waals surface area contributed by atoms with Gasteiger partial charge in [0, 0.05) is 11.4 Å². The molecule has 0 amide bonds. The van der Waals surface area contributed by atoms with Crippen molar-refractivity contribution in [1.82, 2.24) is 10.2 Å². The highest BCUT2D eigenvalue weighted by molar-refractivity contribution is 7.92. The Morgan fingerprint density at radius 1 is 1.12 bits per heavy atom. The first kappa shape index (κ1) is 17.5. The molecule has 0 aliphatic carbocycles. The number of aromatic amines is 1. The molecular weight excluding hydrogens is 334 g/mol. The maximum Gasteiger partial charge on any atom is 0.264 e. The second-order valence-corrected chi connectivity index (χ2v) is 8.01. The van der Waals surface area contributed by atoms with E-state index in [0.717, 1.165) is 23.7 Å². The van der Waals surface area contributed by atoms with Gasteiger partial charge in [0.05, 0.1) is 22.3 Å². The Bertz CT molecular complexity index is 962. The van der Waals surface area contributed by atoms with E-state index in [1.165, 1.54) is 9.87 Å². The van der Waals surface area contributed by atoms with Crippen molar-refractivity contribution in [2.75, 3.05) is 4.31 Å². The Morgan fingerprint density at radius 2 is 1.84 bits per heavy atom. The number of aromatic nitrogens is 2. The highest BCUT2D eigenvalue weighted by Crippen LogP contribution is 2.29. The van der Waals surface area contributed by atoms with E-state index < -0.39 is 10.0 Å². The number of aryl methyl sites for hydroxylation is 1. The fourth-order valence-corrected chi connectivity index (χ4v) is 4.63. The number of hydrogen-bond donors (Lipinski definition) is 1. The first-order chi connectivity index (χ1) is 12.0. The number of anilines is 1. The molecule has 3 rings (SSSR count). The van der Waals surface area contributed by atoms with Gasteiger partial charge in [0.2, 0.25) is 0 Å². The van der Waals surface area contributed by atoms with E-state index in [-0.39, 0.29) is 10.9 Å². The molecule has 1 unspecified atom stereocenters. The van der Waals surface area contributed by atoms with Gasteiger partial charge in [-0.05, 0) is 55.7 Å². The van der Waals surface area contributed by atoms with Crippen LogP contribution in [0.5, 0.6) is 0 Å². The minimum absolute atomic E-state index is 0.141. The monoisotopic (exact) mass is 357 g/mol. The predicted molar refractivity (Wildman–Crippen MR) is 101 cm³/mol. The van der Waals surface area contributed by atoms with Crippen molar-refractivity contribution in [3.05, 3.63) is 54.2 Å². The van der Waals surface area contributed by atoms with Gasteiger partial charge in [-0.15, -0.1) is 0 Å². The summed E-state index contributed by atoms with van der Waals surface area (Å²) < 4.78 is 28.2. The molecule has 0 aliphatic rings. The van der Waals surface area contributed by atoms with E-state index in [0.29, 0.717) is 5.69 Å². The van der Waals surface area contributed by atoms with Gasteiger partial charge in [0.1, 0.15) is 0 Å². The Balaban J connectivity index is 2.09. The van der Waals surface area contributed by atoms with E-state index in [1.54, 1.807) is 24.4 Å². The van der Waals surface area contributed by atoms with Crippen LogP contribution in [-0.4, -0.2) is 24.7 Å². The van der Waals surface area contributed by atoms with Crippen LogP contribution in [-0.2, 0) is 16.4 Å². The normalized spacial score (nSPS) is 13.1. The molecule has 1 N–H and O–H groups in total. The third kappa shape index (κ3) is 3.26. The van der Waals surface area contributed by atoms with Crippen molar-refractivity contribution in [1.29, 1.82) is 0 Å². The molecule has 0 bridgehead atoms. The Labute approximate surface area is 148 Å². The summed E-state index contributed by atoms with van der Waals surface area (Å²) in [4.78, 5) is 0.279. The molecule has 1 aromatic heterocycles. The molecule has 0 saturated heterocycles. The summed E-state index contributed by atoms with van der Waals surface area (Å²) >= 11 is 0. The molecule has 0 fully saturated rings. The highest BCUT2D eigenvalue weighted by atomic mass is 32.2. The lowest BCUT2D eigenvalue weighted by molar-refractivity contribution is 0.577. The topological polar surface area (TPSA) is 66.1 Å². The molecule has 0 radical (unpaired) electrons. The number of rotatable bonds is 6. The zero-order valence-corrected chi connectivity index (χ0v) is 15.5. The predicted octanol–water partition coefficient (Wildman–Crippen LogP) is 4.12. The maximum absolute atomic E-state index is 13.3. The molecule has 132 valence electrons. The fourth-order valence-electron chi connectivity index (χ4n) is 2.87. The van der Waals surface area contributed by atoms with Gasteiger partial charge in [0.25, 0.3) is 10.0 Å². The van der Waals surface area contributed by atoms with Crippen molar-refractivity contribution >= 4 is 26.6 Å². The molecule has 1 atom stereocenters. The largest absolute Gasteiger partial charge is 0.278 e. The fraction of sp³-hybridized carbons (Fsp3) is 0.316. The van der Waals surface area contributed by atoms with Crippen LogP contribution in [0.3, 0.4) is 0 Å². The van der Waals surface area contributed by atoms with Gasteiger partial charge in [-0.1, -0.05) is 26.0 Å².